The molecule has 2 aromatic rings. The number of rotatable bonds is 7. The average Bonchev–Trinajstić information content (AvgIpc) is 3.20. The van der Waals surface area contributed by atoms with E-state index in [9.17, 15) is 23.5 Å². The summed E-state index contributed by atoms with van der Waals surface area (Å²) in [7, 11) is 1.17. The van der Waals surface area contributed by atoms with Gasteiger partial charge in [0, 0.05) is 48.7 Å². The molecule has 1 aromatic heterocycles. The summed E-state index contributed by atoms with van der Waals surface area (Å²) in [5.74, 6) is -4.13. The Labute approximate surface area is 224 Å². The number of nitrogens with one attached hydrogen (secondary N) is 1. The summed E-state index contributed by atoms with van der Waals surface area (Å²) < 4.78 is 64.6. The number of ether oxygens (including phenoxy) is 1. The van der Waals surface area contributed by atoms with Crippen LogP contribution in [-0.4, -0.2) is 69.8 Å². The van der Waals surface area contributed by atoms with Crippen molar-refractivity contribution in [1.82, 2.24) is 15.2 Å². The Balaban J connectivity index is 1.42. The summed E-state index contributed by atoms with van der Waals surface area (Å²) >= 11 is 1.25. The molecule has 13 heteroatoms. The van der Waals surface area contributed by atoms with Crippen molar-refractivity contribution in [2.75, 3.05) is 13.7 Å². The van der Waals surface area contributed by atoms with E-state index in [1.54, 1.807) is 16.5 Å². The van der Waals surface area contributed by atoms with Gasteiger partial charge in [0.15, 0.2) is 33.8 Å². The van der Waals surface area contributed by atoms with Crippen LogP contribution >= 0.6 is 11.3 Å². The van der Waals surface area contributed by atoms with Crippen molar-refractivity contribution in [3.8, 4) is 0 Å². The lowest BCUT2D eigenvalue weighted by Gasteiger charge is -2.42. The molecule has 6 atom stereocenters. The molecule has 2 N–H and O–H groups in total. The van der Waals surface area contributed by atoms with E-state index >= 15 is 8.78 Å². The summed E-state index contributed by atoms with van der Waals surface area (Å²) in [6.07, 6.45) is 1.44. The molecule has 0 spiro atoms. The summed E-state index contributed by atoms with van der Waals surface area (Å²) in [4.78, 5) is 34.9. The molecule has 0 radical (unpaired) electrons. The smallest absolute Gasteiger partial charge is 0.338 e. The standard InChI is InChI=1S/C26H24F4N4O4S/c1-38-24(37)20-16(10-34-17-6-12(8-19(35)36)7-18(34)26(30)11-25(17,26)29)32-22(23-31-4-5-39-23)33-21(20)13-2-3-14(27)15(28)9-13/h2-5,9,12,17-18,21H,6-8,10-11H2,1H3,(H,32,33)(H,35,36)/t12-,17+,18-,21-,25?,26?/m0/s1. The van der Waals surface area contributed by atoms with Gasteiger partial charge in [-0.25, -0.2) is 27.3 Å². The Hall–Kier alpha value is -3.32. The molecular weight excluding hydrogens is 540 g/mol. The average molecular weight is 565 g/mol. The first kappa shape index (κ1) is 25.9. The number of esters is 1. The fourth-order valence-corrected chi connectivity index (χ4v) is 7.08. The fraction of sp³-hybridized carbons (Fsp3) is 0.462. The van der Waals surface area contributed by atoms with Crippen molar-refractivity contribution in [3.05, 3.63) is 63.3 Å². The Kier molecular flexibility index (Phi) is 6.06. The number of methoxy groups -OCH3 is 1. The molecule has 3 fully saturated rings. The van der Waals surface area contributed by atoms with Gasteiger partial charge in [0.1, 0.15) is 6.04 Å². The Morgan fingerprint density at radius 3 is 2.51 bits per heavy atom. The van der Waals surface area contributed by atoms with Crippen LogP contribution < -0.4 is 5.32 Å². The number of carboxylic acid groups (broad SMARTS) is 1. The lowest BCUT2D eigenvalue weighted by molar-refractivity contribution is -0.139. The van der Waals surface area contributed by atoms with E-state index in [0.29, 0.717) is 5.01 Å². The maximum atomic E-state index is 15.8. The van der Waals surface area contributed by atoms with Gasteiger partial charge in [-0.3, -0.25) is 14.7 Å². The van der Waals surface area contributed by atoms with Gasteiger partial charge in [-0.15, -0.1) is 11.3 Å². The highest BCUT2D eigenvalue weighted by Crippen LogP contribution is 2.70. The second-order valence-electron chi connectivity index (χ2n) is 10.4. The molecule has 4 aliphatic rings. The summed E-state index contributed by atoms with van der Waals surface area (Å²) in [5, 5.41) is 14.5. The molecule has 8 nitrogen and oxygen atoms in total. The van der Waals surface area contributed by atoms with Gasteiger partial charge in [-0.2, -0.15) is 0 Å². The van der Waals surface area contributed by atoms with Crippen LogP contribution in [0.25, 0.3) is 0 Å². The monoisotopic (exact) mass is 564 g/mol. The van der Waals surface area contributed by atoms with Crippen molar-refractivity contribution in [1.29, 1.82) is 0 Å². The van der Waals surface area contributed by atoms with E-state index < -0.39 is 53.0 Å². The summed E-state index contributed by atoms with van der Waals surface area (Å²) in [6.45, 7) is -0.0958. The lowest BCUT2D eigenvalue weighted by Crippen LogP contribution is -2.52. The first-order chi connectivity index (χ1) is 18.6. The van der Waals surface area contributed by atoms with Crippen LogP contribution in [0.3, 0.4) is 0 Å². The second kappa shape index (κ2) is 9.12. The summed E-state index contributed by atoms with van der Waals surface area (Å²) in [5.41, 5.74) is -3.78. The number of piperidine rings is 2. The number of fused-ring (bicyclic) bond motifs is 5. The first-order valence-electron chi connectivity index (χ1n) is 12.4. The van der Waals surface area contributed by atoms with Crippen LogP contribution in [-0.2, 0) is 14.3 Å². The number of amidine groups is 1. The zero-order valence-corrected chi connectivity index (χ0v) is 21.5. The van der Waals surface area contributed by atoms with Gasteiger partial charge >= 0.3 is 11.9 Å². The second-order valence-corrected chi connectivity index (χ2v) is 11.3. The summed E-state index contributed by atoms with van der Waals surface area (Å²) in [6, 6.07) is 0.295. The van der Waals surface area contributed by atoms with Crippen molar-refractivity contribution >= 4 is 29.1 Å². The lowest BCUT2D eigenvalue weighted by atomic mass is 9.84. The van der Waals surface area contributed by atoms with Crippen LogP contribution in [0.1, 0.15) is 42.3 Å². The molecule has 206 valence electrons. The third kappa shape index (κ3) is 4.05. The van der Waals surface area contributed by atoms with Gasteiger partial charge in [0.05, 0.1) is 12.7 Å². The minimum absolute atomic E-state index is 0.00892. The highest BCUT2D eigenvalue weighted by atomic mass is 32.1. The third-order valence-corrected chi connectivity index (χ3v) is 9.06. The number of aromatic nitrogens is 1. The minimum Gasteiger partial charge on any atom is -0.481 e. The number of hydrogen-bond acceptors (Lipinski definition) is 8. The molecule has 1 aromatic carbocycles. The van der Waals surface area contributed by atoms with Crippen molar-refractivity contribution in [2.24, 2.45) is 10.9 Å². The Morgan fingerprint density at radius 2 is 1.92 bits per heavy atom. The third-order valence-electron chi connectivity index (χ3n) is 8.28. The van der Waals surface area contributed by atoms with Crippen molar-refractivity contribution < 1.29 is 37.0 Å². The van der Waals surface area contributed by atoms with Gasteiger partial charge < -0.3 is 15.2 Å². The Morgan fingerprint density at radius 1 is 1.21 bits per heavy atom. The minimum atomic E-state index is -2.10. The predicted octanol–water partition coefficient (Wildman–Crippen LogP) is 3.70. The first-order valence-corrected chi connectivity index (χ1v) is 13.3. The van der Waals surface area contributed by atoms with Gasteiger partial charge in [0.2, 0.25) is 0 Å². The SMILES string of the molecule is COC(=O)C1=C(CN2[C@H]3C[C@@H](CC(=O)O)C[C@@H]2C2(F)CC32F)NC(c2nccs2)=N[C@H]1c1ccc(F)c(F)c1. The van der Waals surface area contributed by atoms with Crippen LogP contribution in [0, 0.1) is 17.6 Å². The number of hydrogen-bond donors (Lipinski definition) is 2. The largest absolute Gasteiger partial charge is 0.481 e. The van der Waals surface area contributed by atoms with E-state index in [4.69, 9.17) is 4.74 Å². The number of carboxylic acids is 1. The van der Waals surface area contributed by atoms with Crippen LogP contribution in [0.5, 0.6) is 0 Å². The number of carbonyl (C=O) groups is 2. The molecule has 1 saturated carbocycles. The number of aliphatic imine (C=N–C) groups is 1. The molecule has 1 aliphatic carbocycles. The van der Waals surface area contributed by atoms with Crippen molar-refractivity contribution in [3.63, 3.8) is 0 Å². The predicted molar refractivity (Wildman–Crippen MR) is 131 cm³/mol. The highest BCUT2D eigenvalue weighted by Gasteiger charge is 2.85. The van der Waals surface area contributed by atoms with E-state index in [2.05, 4.69) is 15.3 Å². The quantitative estimate of drug-likeness (QED) is 0.391. The zero-order valence-electron chi connectivity index (χ0n) is 20.7. The molecule has 2 saturated heterocycles. The topological polar surface area (TPSA) is 104 Å². The Bertz CT molecular complexity index is 1390. The normalized spacial score (nSPS) is 33.3. The van der Waals surface area contributed by atoms with E-state index in [1.165, 1.54) is 24.5 Å². The zero-order chi connectivity index (χ0) is 27.7. The van der Waals surface area contributed by atoms with Crippen LogP contribution in [0.2, 0.25) is 0 Å². The number of nitrogens with zero attached hydrogens (tertiary/aromatic N) is 3. The van der Waals surface area contributed by atoms with Crippen LogP contribution in [0.4, 0.5) is 17.6 Å². The van der Waals surface area contributed by atoms with Crippen molar-refractivity contribution in [2.45, 2.75) is 55.1 Å². The molecule has 2 unspecified atom stereocenters. The van der Waals surface area contributed by atoms with E-state index in [1.807, 2.05) is 0 Å². The van der Waals surface area contributed by atoms with Crippen LogP contribution in [0.15, 0.2) is 46.0 Å². The molecule has 3 aliphatic heterocycles. The number of benzene rings is 1. The van der Waals surface area contributed by atoms with Gasteiger partial charge in [-0.1, -0.05) is 6.07 Å². The number of aliphatic carboxylic acids is 1. The van der Waals surface area contributed by atoms with Gasteiger partial charge in [0.25, 0.3) is 0 Å². The molecule has 6 rings (SSSR count). The maximum Gasteiger partial charge on any atom is 0.338 e. The number of thiazole rings is 1. The molecule has 4 heterocycles. The van der Waals surface area contributed by atoms with E-state index in [0.717, 1.165) is 12.1 Å². The number of carbonyl (C=O) groups excluding carboxylic acids is 1. The maximum absolute atomic E-state index is 15.8. The van der Waals surface area contributed by atoms with E-state index in [-0.39, 0.29) is 60.8 Å². The van der Waals surface area contributed by atoms with Gasteiger partial charge in [-0.05, 0) is 36.5 Å². The fourth-order valence-electron chi connectivity index (χ4n) is 6.49. The number of halogens is 4. The molecule has 2 bridgehead atoms. The highest BCUT2D eigenvalue weighted by molar-refractivity contribution is 7.11. The molecule has 39 heavy (non-hydrogen) atoms. The molecular formula is C26H24F4N4O4S. The number of alkyl halides is 2. The molecule has 0 amide bonds.